The Morgan fingerprint density at radius 3 is 2.54 bits per heavy atom. The van der Waals surface area contributed by atoms with Gasteiger partial charge in [-0.3, -0.25) is 4.79 Å². The number of allylic oxidation sites excluding steroid dienone is 1. The van der Waals surface area contributed by atoms with Crippen LogP contribution >= 0.6 is 0 Å². The minimum atomic E-state index is -0.660. The van der Waals surface area contributed by atoms with Crippen LogP contribution in [0.5, 0.6) is 11.5 Å². The van der Waals surface area contributed by atoms with Crippen molar-refractivity contribution in [2.45, 2.75) is 25.3 Å². The van der Waals surface area contributed by atoms with E-state index >= 15 is 0 Å². The second kappa shape index (κ2) is 10.9. The van der Waals surface area contributed by atoms with Gasteiger partial charge < -0.3 is 18.3 Å². The number of amides is 1. The van der Waals surface area contributed by atoms with Gasteiger partial charge in [0.05, 0.1) is 18.2 Å². The number of ether oxygens (including phenoxy) is 2. The van der Waals surface area contributed by atoms with E-state index in [9.17, 15) is 9.59 Å². The first-order chi connectivity index (χ1) is 19.2. The molecular weight excluding hydrogens is 496 g/mol. The van der Waals surface area contributed by atoms with E-state index in [-0.39, 0.29) is 11.5 Å². The number of rotatable bonds is 7. The molecule has 2 aromatic carbocycles. The van der Waals surface area contributed by atoms with Gasteiger partial charge in [-0.2, -0.15) is 5.10 Å². The average molecular weight is 523 g/mol. The molecule has 2 aromatic heterocycles. The van der Waals surface area contributed by atoms with Crippen LogP contribution in [0, 0.1) is 5.92 Å². The van der Waals surface area contributed by atoms with E-state index in [4.69, 9.17) is 23.4 Å². The molecule has 8 heteroatoms. The van der Waals surface area contributed by atoms with Gasteiger partial charge in [-0.15, -0.1) is 0 Å². The van der Waals surface area contributed by atoms with Crippen LogP contribution in [0.25, 0.3) is 6.08 Å². The fourth-order valence-electron chi connectivity index (χ4n) is 5.10. The summed E-state index contributed by atoms with van der Waals surface area (Å²) in [5.41, 5.74) is 2.08. The quantitative estimate of drug-likeness (QED) is 0.252. The van der Waals surface area contributed by atoms with Crippen molar-refractivity contribution < 1.29 is 27.9 Å². The largest absolute Gasteiger partial charge is 0.467 e. The van der Waals surface area contributed by atoms with Crippen LogP contribution in [0.3, 0.4) is 0 Å². The molecular formula is C31H26N2O6. The zero-order valence-electron chi connectivity index (χ0n) is 21.1. The molecule has 3 heterocycles. The van der Waals surface area contributed by atoms with Gasteiger partial charge in [0.1, 0.15) is 34.6 Å². The third-order valence-electron chi connectivity index (χ3n) is 6.86. The lowest BCUT2D eigenvalue weighted by Gasteiger charge is -2.27. The minimum Gasteiger partial charge on any atom is -0.467 e. The number of para-hydroxylation sites is 2. The maximum absolute atomic E-state index is 13.5. The highest BCUT2D eigenvalue weighted by molar-refractivity contribution is 6.08. The van der Waals surface area contributed by atoms with E-state index < -0.39 is 24.5 Å². The first kappa shape index (κ1) is 24.5. The van der Waals surface area contributed by atoms with Gasteiger partial charge in [0.15, 0.2) is 6.61 Å². The number of benzene rings is 2. The van der Waals surface area contributed by atoms with Crippen LogP contribution < -0.4 is 4.74 Å². The highest BCUT2D eigenvalue weighted by Gasteiger charge is 2.45. The Balaban J connectivity index is 1.22. The summed E-state index contributed by atoms with van der Waals surface area (Å²) in [5.74, 6) is 1.17. The Labute approximate surface area is 225 Å². The number of carbonyl (C=O) groups is 2. The van der Waals surface area contributed by atoms with Crippen molar-refractivity contribution in [3.63, 3.8) is 0 Å². The molecule has 0 bridgehead atoms. The number of hydrogen-bond acceptors (Lipinski definition) is 7. The molecule has 2 aliphatic rings. The predicted molar refractivity (Wildman–Crippen MR) is 143 cm³/mol. The van der Waals surface area contributed by atoms with Gasteiger partial charge in [-0.1, -0.05) is 30.3 Å². The number of esters is 1. The Kier molecular flexibility index (Phi) is 6.82. The summed E-state index contributed by atoms with van der Waals surface area (Å²) in [5, 5.41) is 6.15. The molecule has 1 amide bonds. The normalized spacial score (nSPS) is 19.4. The summed E-state index contributed by atoms with van der Waals surface area (Å²) < 4.78 is 22.6. The molecule has 39 heavy (non-hydrogen) atoms. The number of fused-ring (bicyclic) bond motifs is 1. The van der Waals surface area contributed by atoms with E-state index in [2.05, 4.69) is 0 Å². The Hall–Kier alpha value is -4.85. The lowest BCUT2D eigenvalue weighted by molar-refractivity contribution is -0.137. The Morgan fingerprint density at radius 1 is 0.949 bits per heavy atom. The van der Waals surface area contributed by atoms with Crippen molar-refractivity contribution in [2.75, 3.05) is 6.61 Å². The second-order valence-electron chi connectivity index (χ2n) is 9.35. The topological polar surface area (TPSA) is 94.5 Å². The van der Waals surface area contributed by atoms with Crippen LogP contribution in [0.1, 0.15) is 47.2 Å². The van der Waals surface area contributed by atoms with Crippen molar-refractivity contribution in [3.05, 3.63) is 114 Å². The number of nitrogens with zero attached hydrogens (tertiary/aromatic N) is 2. The van der Waals surface area contributed by atoms with Crippen molar-refractivity contribution in [1.82, 2.24) is 5.01 Å². The second-order valence-corrected chi connectivity index (χ2v) is 9.35. The first-order valence-corrected chi connectivity index (χ1v) is 12.8. The molecule has 0 radical (unpaired) electrons. The fraction of sp³-hybridized carbons (Fsp3) is 0.194. The maximum atomic E-state index is 13.5. The maximum Gasteiger partial charge on any atom is 0.342 e. The zero-order valence-corrected chi connectivity index (χ0v) is 21.1. The van der Waals surface area contributed by atoms with Crippen LogP contribution in [0.15, 0.2) is 111 Å². The van der Waals surface area contributed by atoms with Crippen molar-refractivity contribution in [2.24, 2.45) is 11.0 Å². The van der Waals surface area contributed by atoms with E-state index in [0.717, 1.165) is 36.3 Å². The molecule has 196 valence electrons. The molecule has 2 atom stereocenters. The molecule has 1 fully saturated rings. The zero-order chi connectivity index (χ0) is 26.6. The predicted octanol–water partition coefficient (Wildman–Crippen LogP) is 6.64. The van der Waals surface area contributed by atoms with E-state index in [1.54, 1.807) is 55.0 Å². The number of hydrogen-bond donors (Lipinski definition) is 0. The van der Waals surface area contributed by atoms with E-state index in [1.165, 1.54) is 5.01 Å². The molecule has 8 nitrogen and oxygen atoms in total. The van der Waals surface area contributed by atoms with Crippen LogP contribution in [0.4, 0.5) is 0 Å². The molecule has 4 aromatic rings. The smallest absolute Gasteiger partial charge is 0.342 e. The van der Waals surface area contributed by atoms with E-state index in [1.807, 2.05) is 42.5 Å². The van der Waals surface area contributed by atoms with Gasteiger partial charge in [0.2, 0.25) is 0 Å². The van der Waals surface area contributed by atoms with Gasteiger partial charge in [0.25, 0.3) is 5.91 Å². The molecule has 0 saturated heterocycles. The van der Waals surface area contributed by atoms with Crippen LogP contribution in [-0.4, -0.2) is 29.2 Å². The van der Waals surface area contributed by atoms with E-state index in [0.29, 0.717) is 17.3 Å². The van der Waals surface area contributed by atoms with Gasteiger partial charge in [0, 0.05) is 5.92 Å². The number of carbonyl (C=O) groups excluding carboxylic acids is 2. The third-order valence-corrected chi connectivity index (χ3v) is 6.86. The number of hydrazone groups is 1. The van der Waals surface area contributed by atoms with Gasteiger partial charge in [-0.25, -0.2) is 9.80 Å². The third kappa shape index (κ3) is 5.13. The molecule has 1 aliphatic heterocycles. The van der Waals surface area contributed by atoms with Crippen molar-refractivity contribution in [3.8, 4) is 11.5 Å². The summed E-state index contributed by atoms with van der Waals surface area (Å²) in [6.45, 7) is -0.476. The Bertz CT molecular complexity index is 1510. The Morgan fingerprint density at radius 2 is 1.74 bits per heavy atom. The van der Waals surface area contributed by atoms with Crippen molar-refractivity contribution in [1.29, 1.82) is 0 Å². The van der Waals surface area contributed by atoms with Gasteiger partial charge >= 0.3 is 5.97 Å². The molecule has 1 aliphatic carbocycles. The summed E-state index contributed by atoms with van der Waals surface area (Å²) in [6.07, 6.45) is 7.82. The summed E-state index contributed by atoms with van der Waals surface area (Å²) in [4.78, 5) is 26.5. The standard InChI is InChI=1S/C31H26N2O6/c34-28(20-38-31(35)24-13-4-5-15-26(24)39-22-10-2-1-3-11-22)33-30(27-16-8-18-37-27)25-14-6-9-21(29(25)32-33)19-23-12-7-17-36-23/h1-5,7-8,10-13,15-19,25,30H,6,9,14,20H2. The summed E-state index contributed by atoms with van der Waals surface area (Å²) >= 11 is 0. The molecule has 0 spiro atoms. The lowest BCUT2D eigenvalue weighted by Crippen LogP contribution is -2.34. The fourth-order valence-corrected chi connectivity index (χ4v) is 5.10. The van der Waals surface area contributed by atoms with Gasteiger partial charge in [-0.05, 0) is 79.4 Å². The molecule has 1 saturated carbocycles. The number of furan rings is 2. The SMILES string of the molecule is O=C(OCC(=O)N1N=C2C(=Cc3ccco3)CCCC2C1c1ccco1)c1ccccc1Oc1ccccc1. The monoisotopic (exact) mass is 522 g/mol. The lowest BCUT2D eigenvalue weighted by atomic mass is 9.79. The highest BCUT2D eigenvalue weighted by atomic mass is 16.5. The first-order valence-electron chi connectivity index (χ1n) is 12.8. The molecule has 2 unspecified atom stereocenters. The minimum absolute atomic E-state index is 0.0363. The molecule has 0 N–H and O–H groups in total. The van der Waals surface area contributed by atoms with Crippen LogP contribution in [-0.2, 0) is 9.53 Å². The molecule has 6 rings (SSSR count). The van der Waals surface area contributed by atoms with Crippen LogP contribution in [0.2, 0.25) is 0 Å². The summed E-state index contributed by atoms with van der Waals surface area (Å²) in [6, 6.07) is 22.9. The van der Waals surface area contributed by atoms with Crippen molar-refractivity contribution >= 4 is 23.7 Å². The highest BCUT2D eigenvalue weighted by Crippen LogP contribution is 2.44. The summed E-state index contributed by atoms with van der Waals surface area (Å²) in [7, 11) is 0. The average Bonchev–Trinajstić information content (AvgIpc) is 3.74.